The zero-order valence-corrected chi connectivity index (χ0v) is 18.5. The van der Waals surface area contributed by atoms with Gasteiger partial charge in [0.05, 0.1) is 28.2 Å². The molecule has 30 heavy (non-hydrogen) atoms. The van der Waals surface area contributed by atoms with Crippen molar-refractivity contribution in [2.45, 2.75) is 18.4 Å². The number of nitrogens with zero attached hydrogens (tertiary/aromatic N) is 3. The zero-order chi connectivity index (χ0) is 21.9. The van der Waals surface area contributed by atoms with E-state index in [2.05, 4.69) is 10.3 Å². The number of benzene rings is 2. The van der Waals surface area contributed by atoms with Crippen LogP contribution in [-0.4, -0.2) is 55.1 Å². The lowest BCUT2D eigenvalue weighted by molar-refractivity contribution is -0.130. The van der Waals surface area contributed by atoms with Gasteiger partial charge < -0.3 is 10.2 Å². The molecule has 1 N–H and O–H groups in total. The number of amides is 2. The molecule has 158 valence electrons. The van der Waals surface area contributed by atoms with Crippen LogP contribution in [0.15, 0.2) is 53.4 Å². The number of hydrogen-bond acceptors (Lipinski definition) is 6. The number of para-hydroxylation sites is 1. The molecule has 3 rings (SSSR count). The Morgan fingerprint density at radius 2 is 1.73 bits per heavy atom. The van der Waals surface area contributed by atoms with E-state index in [1.807, 2.05) is 24.3 Å². The normalized spacial score (nSPS) is 11.6. The van der Waals surface area contributed by atoms with Gasteiger partial charge in [-0.25, -0.2) is 13.4 Å². The van der Waals surface area contributed by atoms with Crippen LogP contribution in [0.4, 0.5) is 5.69 Å². The van der Waals surface area contributed by atoms with Crippen molar-refractivity contribution in [3.63, 3.8) is 0 Å². The SMILES string of the molecule is CC(=O)Nc1ccc(S(=O)(=O)N(C)CC(=O)N(C)Cc2nc3ccccc3s2)cc1. The quantitative estimate of drug-likeness (QED) is 0.601. The molecule has 0 atom stereocenters. The third-order valence-corrected chi connectivity index (χ3v) is 7.22. The predicted molar refractivity (Wildman–Crippen MR) is 117 cm³/mol. The van der Waals surface area contributed by atoms with Crippen molar-refractivity contribution in [2.24, 2.45) is 0 Å². The summed E-state index contributed by atoms with van der Waals surface area (Å²) in [6.07, 6.45) is 0. The number of likely N-dealkylation sites (N-methyl/N-ethyl adjacent to an activating group) is 2. The van der Waals surface area contributed by atoms with Gasteiger partial charge in [-0.1, -0.05) is 12.1 Å². The van der Waals surface area contributed by atoms with Crippen molar-refractivity contribution in [1.29, 1.82) is 0 Å². The fourth-order valence-corrected chi connectivity index (χ4v) is 4.91. The van der Waals surface area contributed by atoms with Gasteiger partial charge in [-0.05, 0) is 36.4 Å². The van der Waals surface area contributed by atoms with Crippen molar-refractivity contribution in [2.75, 3.05) is 26.0 Å². The lowest BCUT2D eigenvalue weighted by atomic mass is 10.3. The zero-order valence-electron chi connectivity index (χ0n) is 16.8. The van der Waals surface area contributed by atoms with Crippen LogP contribution in [0, 0.1) is 0 Å². The van der Waals surface area contributed by atoms with E-state index in [0.29, 0.717) is 12.2 Å². The molecule has 0 spiro atoms. The van der Waals surface area contributed by atoms with Crippen LogP contribution in [0.1, 0.15) is 11.9 Å². The molecule has 0 fully saturated rings. The second kappa shape index (κ2) is 8.90. The molecule has 0 saturated carbocycles. The molecule has 10 heteroatoms. The lowest BCUT2D eigenvalue weighted by Gasteiger charge is -2.21. The molecule has 0 unspecified atom stereocenters. The maximum absolute atomic E-state index is 12.8. The maximum Gasteiger partial charge on any atom is 0.243 e. The van der Waals surface area contributed by atoms with Gasteiger partial charge in [0.25, 0.3) is 0 Å². The third kappa shape index (κ3) is 5.02. The van der Waals surface area contributed by atoms with Crippen LogP contribution in [0.5, 0.6) is 0 Å². The van der Waals surface area contributed by atoms with Crippen LogP contribution < -0.4 is 5.32 Å². The summed E-state index contributed by atoms with van der Waals surface area (Å²) in [6.45, 7) is 1.38. The monoisotopic (exact) mass is 446 g/mol. The number of fused-ring (bicyclic) bond motifs is 1. The minimum absolute atomic E-state index is 0.0423. The van der Waals surface area contributed by atoms with Gasteiger partial charge in [0, 0.05) is 26.7 Å². The number of hydrogen-bond donors (Lipinski definition) is 1. The molecule has 1 heterocycles. The number of nitrogens with one attached hydrogen (secondary N) is 1. The summed E-state index contributed by atoms with van der Waals surface area (Å²) in [5.41, 5.74) is 1.37. The number of sulfonamides is 1. The van der Waals surface area contributed by atoms with E-state index in [1.165, 1.54) is 54.5 Å². The van der Waals surface area contributed by atoms with E-state index in [9.17, 15) is 18.0 Å². The van der Waals surface area contributed by atoms with E-state index >= 15 is 0 Å². The Morgan fingerprint density at radius 3 is 2.37 bits per heavy atom. The molecule has 0 saturated heterocycles. The molecule has 3 aromatic rings. The van der Waals surface area contributed by atoms with Crippen molar-refractivity contribution in [1.82, 2.24) is 14.2 Å². The number of thiazole rings is 1. The van der Waals surface area contributed by atoms with Gasteiger partial charge in [-0.3, -0.25) is 9.59 Å². The highest BCUT2D eigenvalue weighted by Gasteiger charge is 2.24. The van der Waals surface area contributed by atoms with Gasteiger partial charge in [0.2, 0.25) is 21.8 Å². The van der Waals surface area contributed by atoms with Gasteiger partial charge in [-0.2, -0.15) is 4.31 Å². The average molecular weight is 447 g/mol. The predicted octanol–water partition coefficient (Wildman–Crippen LogP) is 2.53. The highest BCUT2D eigenvalue weighted by Crippen LogP contribution is 2.22. The third-order valence-electron chi connectivity index (χ3n) is 4.38. The first-order valence-electron chi connectivity index (χ1n) is 9.09. The van der Waals surface area contributed by atoms with Crippen LogP contribution in [-0.2, 0) is 26.2 Å². The summed E-state index contributed by atoms with van der Waals surface area (Å²) < 4.78 is 27.6. The van der Waals surface area contributed by atoms with E-state index in [0.717, 1.165) is 19.5 Å². The fraction of sp³-hybridized carbons (Fsp3) is 0.250. The molecular weight excluding hydrogens is 424 g/mol. The first kappa shape index (κ1) is 21.9. The number of carbonyl (C=O) groups excluding carboxylic acids is 2. The first-order chi connectivity index (χ1) is 14.2. The van der Waals surface area contributed by atoms with Gasteiger partial charge in [0.1, 0.15) is 5.01 Å². The molecule has 1 aromatic heterocycles. The number of carbonyl (C=O) groups is 2. The summed E-state index contributed by atoms with van der Waals surface area (Å²) in [5.74, 6) is -0.584. The summed E-state index contributed by atoms with van der Waals surface area (Å²) in [6, 6.07) is 13.5. The largest absolute Gasteiger partial charge is 0.338 e. The topological polar surface area (TPSA) is 99.7 Å². The van der Waals surface area contributed by atoms with Crippen molar-refractivity contribution in [3.8, 4) is 0 Å². The molecule has 0 radical (unpaired) electrons. The second-order valence-electron chi connectivity index (χ2n) is 6.79. The maximum atomic E-state index is 12.8. The smallest absolute Gasteiger partial charge is 0.243 e. The molecule has 2 aromatic carbocycles. The molecule has 2 amide bonds. The Hall–Kier alpha value is -2.82. The van der Waals surface area contributed by atoms with Crippen molar-refractivity contribution >= 4 is 49.1 Å². The Bertz CT molecular complexity index is 1140. The first-order valence-corrected chi connectivity index (χ1v) is 11.3. The summed E-state index contributed by atoms with van der Waals surface area (Å²) >= 11 is 1.50. The summed E-state index contributed by atoms with van der Waals surface area (Å²) in [5, 5.41) is 3.36. The van der Waals surface area contributed by atoms with Crippen LogP contribution in [0.3, 0.4) is 0 Å². The van der Waals surface area contributed by atoms with E-state index in [4.69, 9.17) is 0 Å². The summed E-state index contributed by atoms with van der Waals surface area (Å²) in [7, 11) is -0.862. The Labute approximate surface area is 179 Å². The van der Waals surface area contributed by atoms with E-state index < -0.39 is 10.0 Å². The molecule has 0 bridgehead atoms. The van der Waals surface area contributed by atoms with Crippen molar-refractivity contribution < 1.29 is 18.0 Å². The molecular formula is C20H22N4O4S2. The van der Waals surface area contributed by atoms with Crippen molar-refractivity contribution in [3.05, 3.63) is 53.5 Å². The van der Waals surface area contributed by atoms with E-state index in [1.54, 1.807) is 7.05 Å². The molecule has 8 nitrogen and oxygen atoms in total. The minimum atomic E-state index is -3.85. The molecule has 0 aliphatic heterocycles. The standard InChI is InChI=1S/C20H22N4O4S2/c1-14(25)21-15-8-10-16(11-9-15)30(27,28)24(3)13-20(26)23(2)12-19-22-17-6-4-5-7-18(17)29-19/h4-11H,12-13H2,1-3H3,(H,21,25). The number of rotatable bonds is 7. The Kier molecular flexibility index (Phi) is 6.49. The molecule has 0 aliphatic rings. The van der Waals surface area contributed by atoms with E-state index in [-0.39, 0.29) is 23.3 Å². The minimum Gasteiger partial charge on any atom is -0.338 e. The highest BCUT2D eigenvalue weighted by molar-refractivity contribution is 7.89. The van der Waals surface area contributed by atoms with Gasteiger partial charge >= 0.3 is 0 Å². The van der Waals surface area contributed by atoms with Gasteiger partial charge in [0.15, 0.2) is 0 Å². The van der Waals surface area contributed by atoms with Crippen LogP contribution in [0.25, 0.3) is 10.2 Å². The lowest BCUT2D eigenvalue weighted by Crippen LogP contribution is -2.39. The fourth-order valence-electron chi connectivity index (χ4n) is 2.77. The Balaban J connectivity index is 1.65. The van der Waals surface area contributed by atoms with Gasteiger partial charge in [-0.15, -0.1) is 11.3 Å². The number of aromatic nitrogens is 1. The number of anilines is 1. The second-order valence-corrected chi connectivity index (χ2v) is 9.95. The average Bonchev–Trinajstić information content (AvgIpc) is 3.10. The Morgan fingerprint density at radius 1 is 1.07 bits per heavy atom. The van der Waals surface area contributed by atoms with Crippen LogP contribution >= 0.6 is 11.3 Å². The summed E-state index contributed by atoms with van der Waals surface area (Å²) in [4.78, 5) is 29.7. The highest BCUT2D eigenvalue weighted by atomic mass is 32.2. The molecule has 0 aliphatic carbocycles. The van der Waals surface area contributed by atoms with Crippen LogP contribution in [0.2, 0.25) is 0 Å².